The number of hydrogen-bond donors (Lipinski definition) is 2. The van der Waals surface area contributed by atoms with E-state index in [1.807, 2.05) is 26.8 Å². The number of hydrogen-bond acceptors (Lipinski definition) is 5. The molecule has 0 radical (unpaired) electrons. The van der Waals surface area contributed by atoms with Gasteiger partial charge in [-0.25, -0.2) is 4.79 Å². The average Bonchev–Trinajstić information content (AvgIpc) is 3.15. The number of furan rings is 1. The maximum Gasteiger partial charge on any atom is 0.407 e. The number of nitrogens with one attached hydrogen (secondary N) is 2. The summed E-state index contributed by atoms with van der Waals surface area (Å²) in [6.45, 7) is 6.58. The van der Waals surface area contributed by atoms with Gasteiger partial charge >= 0.3 is 6.09 Å². The Bertz CT molecular complexity index is 550. The lowest BCUT2D eigenvalue weighted by Crippen LogP contribution is -2.43. The second-order valence-corrected chi connectivity index (χ2v) is 6.59. The van der Waals surface area contributed by atoms with Crippen molar-refractivity contribution < 1.29 is 13.9 Å². The zero-order chi connectivity index (χ0) is 16.2. The van der Waals surface area contributed by atoms with Gasteiger partial charge in [0.05, 0.1) is 6.54 Å². The molecule has 0 bridgehead atoms. The Kier molecular flexibility index (Phi) is 5.09. The van der Waals surface area contributed by atoms with Gasteiger partial charge in [0.15, 0.2) is 0 Å². The second kappa shape index (κ2) is 6.84. The highest BCUT2D eigenvalue weighted by Crippen LogP contribution is 2.32. The Labute approximate surface area is 130 Å². The van der Waals surface area contributed by atoms with Gasteiger partial charge in [0.25, 0.3) is 0 Å². The fourth-order valence-electron chi connectivity index (χ4n) is 2.18. The number of ether oxygens (including phenoxy) is 1. The van der Waals surface area contributed by atoms with E-state index in [1.165, 1.54) is 0 Å². The summed E-state index contributed by atoms with van der Waals surface area (Å²) >= 11 is 0. The summed E-state index contributed by atoms with van der Waals surface area (Å²) in [6, 6.07) is 5.59. The van der Waals surface area contributed by atoms with E-state index in [9.17, 15) is 4.79 Å². The summed E-state index contributed by atoms with van der Waals surface area (Å²) < 4.78 is 10.6. The quantitative estimate of drug-likeness (QED) is 0.843. The van der Waals surface area contributed by atoms with Gasteiger partial charge in [-0.1, -0.05) is 0 Å². The fourth-order valence-corrected chi connectivity index (χ4v) is 2.18. The van der Waals surface area contributed by atoms with E-state index in [-0.39, 0.29) is 6.04 Å². The van der Waals surface area contributed by atoms with Gasteiger partial charge < -0.3 is 19.8 Å². The molecule has 1 atom stereocenters. The van der Waals surface area contributed by atoms with Gasteiger partial charge in [-0.2, -0.15) is 5.26 Å². The molecule has 0 spiro atoms. The van der Waals surface area contributed by atoms with Crippen molar-refractivity contribution in [2.24, 2.45) is 5.92 Å². The largest absolute Gasteiger partial charge is 0.449 e. The molecule has 1 heterocycles. The van der Waals surface area contributed by atoms with E-state index >= 15 is 0 Å². The van der Waals surface area contributed by atoms with Crippen LogP contribution in [0.25, 0.3) is 0 Å². The number of carbonyl (C=O) groups is 1. The molecule has 1 aromatic heterocycles. The van der Waals surface area contributed by atoms with Crippen LogP contribution in [0, 0.1) is 17.2 Å². The van der Waals surface area contributed by atoms with Crippen molar-refractivity contribution in [3.8, 4) is 6.07 Å². The molecule has 120 valence electrons. The van der Waals surface area contributed by atoms with Gasteiger partial charge in [-0.05, 0) is 51.7 Å². The van der Waals surface area contributed by atoms with Crippen molar-refractivity contribution in [3.05, 3.63) is 23.7 Å². The molecule has 22 heavy (non-hydrogen) atoms. The molecule has 0 aromatic carbocycles. The van der Waals surface area contributed by atoms with Gasteiger partial charge in [0.1, 0.15) is 17.4 Å². The third-order valence-corrected chi connectivity index (χ3v) is 3.37. The topological polar surface area (TPSA) is 87.3 Å². The van der Waals surface area contributed by atoms with E-state index in [4.69, 9.17) is 14.4 Å². The van der Waals surface area contributed by atoms with Crippen LogP contribution in [0.4, 0.5) is 4.79 Å². The number of carbonyl (C=O) groups excluding carboxylic acids is 1. The summed E-state index contributed by atoms with van der Waals surface area (Å²) in [5.41, 5.74) is -0.492. The molecule has 6 nitrogen and oxygen atoms in total. The first-order valence-corrected chi connectivity index (χ1v) is 7.56. The molecule has 2 rings (SSSR count). The number of nitrogens with zero attached hydrogens (tertiary/aromatic N) is 1. The highest BCUT2D eigenvalue weighted by atomic mass is 16.6. The van der Waals surface area contributed by atoms with Gasteiger partial charge in [-0.15, -0.1) is 0 Å². The first kappa shape index (κ1) is 16.4. The minimum atomic E-state index is -0.492. The van der Waals surface area contributed by atoms with E-state index in [0.717, 1.165) is 18.6 Å². The van der Waals surface area contributed by atoms with Gasteiger partial charge in [-0.3, -0.25) is 0 Å². The number of alkyl carbamates (subject to hydrolysis) is 1. The van der Waals surface area contributed by atoms with E-state index < -0.39 is 11.7 Å². The maximum absolute atomic E-state index is 11.7. The van der Waals surface area contributed by atoms with E-state index in [1.54, 1.807) is 12.1 Å². The molecule has 1 unspecified atom stereocenters. The Balaban J connectivity index is 1.78. The standard InChI is InChI=1S/C16H23N3O3/c1-16(2,3)22-15(20)19-10-14(11-4-5-11)18-9-13-7-6-12(8-17)21-13/h6-7,11,14,18H,4-5,9-10H2,1-3H3,(H,19,20). The monoisotopic (exact) mass is 305 g/mol. The molecule has 1 aromatic rings. The molecule has 1 saturated carbocycles. The van der Waals surface area contributed by atoms with Crippen molar-refractivity contribution in [3.63, 3.8) is 0 Å². The molecular weight excluding hydrogens is 282 g/mol. The number of rotatable bonds is 6. The van der Waals surface area contributed by atoms with Crippen LogP contribution in [0.5, 0.6) is 0 Å². The molecule has 0 saturated heterocycles. The molecule has 1 amide bonds. The highest BCUT2D eigenvalue weighted by Gasteiger charge is 2.31. The van der Waals surface area contributed by atoms with Crippen molar-refractivity contribution in [2.75, 3.05) is 6.54 Å². The smallest absolute Gasteiger partial charge is 0.407 e. The predicted molar refractivity (Wildman–Crippen MR) is 81.0 cm³/mol. The Hall–Kier alpha value is -2.00. The summed E-state index contributed by atoms with van der Waals surface area (Å²) in [7, 11) is 0. The first-order valence-electron chi connectivity index (χ1n) is 7.56. The zero-order valence-electron chi connectivity index (χ0n) is 13.3. The lowest BCUT2D eigenvalue weighted by molar-refractivity contribution is 0.0521. The first-order chi connectivity index (χ1) is 10.4. The SMILES string of the molecule is CC(C)(C)OC(=O)NCC(NCc1ccc(C#N)o1)C1CC1. The number of nitriles is 1. The minimum absolute atomic E-state index is 0.183. The lowest BCUT2D eigenvalue weighted by Gasteiger charge is -2.22. The molecular formula is C16H23N3O3. The van der Waals surface area contributed by atoms with Crippen molar-refractivity contribution in [1.29, 1.82) is 5.26 Å². The van der Waals surface area contributed by atoms with Crippen LogP contribution in [0.2, 0.25) is 0 Å². The normalized spacial score (nSPS) is 15.9. The lowest BCUT2D eigenvalue weighted by atomic mass is 10.2. The van der Waals surface area contributed by atoms with Gasteiger partial charge in [0.2, 0.25) is 5.76 Å². The zero-order valence-corrected chi connectivity index (χ0v) is 13.3. The van der Waals surface area contributed by atoms with Crippen molar-refractivity contribution in [1.82, 2.24) is 10.6 Å². The Morgan fingerprint density at radius 1 is 1.50 bits per heavy atom. The van der Waals surface area contributed by atoms with Gasteiger partial charge in [0, 0.05) is 12.6 Å². The Morgan fingerprint density at radius 2 is 2.23 bits per heavy atom. The fraction of sp³-hybridized carbons (Fsp3) is 0.625. The van der Waals surface area contributed by atoms with Crippen LogP contribution in [-0.4, -0.2) is 24.3 Å². The third-order valence-electron chi connectivity index (χ3n) is 3.37. The van der Waals surface area contributed by atoms with Crippen LogP contribution in [-0.2, 0) is 11.3 Å². The summed E-state index contributed by atoms with van der Waals surface area (Å²) in [5, 5.41) is 14.9. The molecule has 0 aliphatic heterocycles. The molecule has 6 heteroatoms. The maximum atomic E-state index is 11.7. The predicted octanol–water partition coefficient (Wildman–Crippen LogP) is 2.54. The summed E-state index contributed by atoms with van der Waals surface area (Å²) in [4.78, 5) is 11.7. The van der Waals surface area contributed by atoms with Crippen LogP contribution < -0.4 is 10.6 Å². The summed E-state index contributed by atoms with van der Waals surface area (Å²) in [6.07, 6.45) is 1.93. The number of amides is 1. The van der Waals surface area contributed by atoms with E-state index in [2.05, 4.69) is 10.6 Å². The molecule has 1 aliphatic rings. The molecule has 1 aliphatic carbocycles. The van der Waals surface area contributed by atoms with Crippen LogP contribution in [0.1, 0.15) is 45.1 Å². The Morgan fingerprint density at radius 3 is 2.77 bits per heavy atom. The van der Waals surface area contributed by atoms with E-state index in [0.29, 0.717) is 24.8 Å². The summed E-state index contributed by atoms with van der Waals surface area (Å²) in [5.74, 6) is 1.60. The molecule has 2 N–H and O–H groups in total. The highest BCUT2D eigenvalue weighted by molar-refractivity contribution is 5.67. The van der Waals surface area contributed by atoms with Crippen molar-refractivity contribution in [2.45, 2.75) is 51.8 Å². The van der Waals surface area contributed by atoms with Crippen LogP contribution in [0.3, 0.4) is 0 Å². The second-order valence-electron chi connectivity index (χ2n) is 6.59. The van der Waals surface area contributed by atoms with Crippen LogP contribution in [0.15, 0.2) is 16.5 Å². The minimum Gasteiger partial charge on any atom is -0.449 e. The van der Waals surface area contributed by atoms with Crippen LogP contribution >= 0.6 is 0 Å². The average molecular weight is 305 g/mol. The third kappa shape index (κ3) is 5.41. The van der Waals surface area contributed by atoms with Crippen molar-refractivity contribution >= 4 is 6.09 Å². The molecule has 1 fully saturated rings.